The van der Waals surface area contributed by atoms with Crippen molar-refractivity contribution in [2.24, 2.45) is 0 Å². The lowest BCUT2D eigenvalue weighted by molar-refractivity contribution is -0.117. The minimum absolute atomic E-state index is 0.0508. The van der Waals surface area contributed by atoms with E-state index in [0.29, 0.717) is 5.69 Å². The number of benzene rings is 2. The van der Waals surface area contributed by atoms with Gasteiger partial charge in [-0.3, -0.25) is 9.59 Å². The maximum absolute atomic E-state index is 12.6. The van der Waals surface area contributed by atoms with Crippen LogP contribution in [-0.4, -0.2) is 18.9 Å². The Kier molecular flexibility index (Phi) is 5.25. The van der Waals surface area contributed by atoms with Crippen molar-refractivity contribution in [1.29, 1.82) is 0 Å². The smallest absolute Gasteiger partial charge is 0.283 e. The Morgan fingerprint density at radius 1 is 1.09 bits per heavy atom. The number of carbonyl (C=O) groups excluding carboxylic acids is 2. The van der Waals surface area contributed by atoms with Crippen LogP contribution in [0.2, 0.25) is 0 Å². The van der Waals surface area contributed by atoms with E-state index < -0.39 is 11.7 Å². The molecule has 2 aromatic rings. The van der Waals surface area contributed by atoms with Gasteiger partial charge in [-0.1, -0.05) is 36.9 Å². The zero-order chi connectivity index (χ0) is 16.8. The molecule has 1 N–H and O–H groups in total. The number of likely N-dealkylation sites (N-methyl/N-ethyl adjacent to an activating group) is 1. The highest BCUT2D eigenvalue weighted by Crippen LogP contribution is 2.15. The summed E-state index contributed by atoms with van der Waals surface area (Å²) >= 11 is 0. The van der Waals surface area contributed by atoms with Gasteiger partial charge < -0.3 is 10.2 Å². The van der Waals surface area contributed by atoms with Crippen molar-refractivity contribution in [3.63, 3.8) is 0 Å². The van der Waals surface area contributed by atoms with Crippen LogP contribution in [0.3, 0.4) is 0 Å². The van der Waals surface area contributed by atoms with Crippen LogP contribution in [0, 0.1) is 0 Å². The van der Waals surface area contributed by atoms with Gasteiger partial charge >= 0.3 is 0 Å². The number of nitrogens with zero attached hydrogens (tertiary/aromatic N) is 1. The summed E-state index contributed by atoms with van der Waals surface area (Å²) in [4.78, 5) is 25.0. The summed E-state index contributed by atoms with van der Waals surface area (Å²) in [5, 5.41) is 2.36. The summed E-state index contributed by atoms with van der Waals surface area (Å²) in [7, 11) is 1.72. The van der Waals surface area contributed by atoms with E-state index in [0.717, 1.165) is 11.3 Å². The minimum Gasteiger partial charge on any atom is -0.320 e. The first kappa shape index (κ1) is 16.4. The predicted molar refractivity (Wildman–Crippen MR) is 88.9 cm³/mol. The molecule has 0 heterocycles. The van der Waals surface area contributed by atoms with Gasteiger partial charge in [0, 0.05) is 18.4 Å². The highest BCUT2D eigenvalue weighted by Gasteiger charge is 2.11. The van der Waals surface area contributed by atoms with E-state index in [1.165, 1.54) is 0 Å². The van der Waals surface area contributed by atoms with Crippen LogP contribution in [0.25, 0.3) is 0 Å². The lowest BCUT2D eigenvalue weighted by Crippen LogP contribution is -2.27. The van der Waals surface area contributed by atoms with Gasteiger partial charge in [-0.2, -0.15) is 0 Å². The first-order valence-electron chi connectivity index (χ1n) is 7.03. The van der Waals surface area contributed by atoms with E-state index in [2.05, 4.69) is 11.9 Å². The highest BCUT2D eigenvalue weighted by molar-refractivity contribution is 6.01. The molecule has 0 atom stereocenters. The zero-order valence-corrected chi connectivity index (χ0v) is 12.8. The lowest BCUT2D eigenvalue weighted by atomic mass is 10.1. The summed E-state index contributed by atoms with van der Waals surface area (Å²) in [5.74, 6) is -1.98. The number of anilines is 2. The van der Waals surface area contributed by atoms with Crippen molar-refractivity contribution in [1.82, 2.24) is 0 Å². The second-order valence-corrected chi connectivity index (χ2v) is 5.02. The Labute approximate surface area is 134 Å². The largest absolute Gasteiger partial charge is 0.320 e. The summed E-state index contributed by atoms with van der Waals surface area (Å²) < 4.78 is 12.6. The van der Waals surface area contributed by atoms with Gasteiger partial charge in [-0.15, -0.1) is 0 Å². The van der Waals surface area contributed by atoms with Crippen molar-refractivity contribution >= 4 is 23.2 Å². The number of nitrogens with one attached hydrogen (secondary N) is 1. The van der Waals surface area contributed by atoms with Crippen LogP contribution < -0.4 is 10.2 Å². The number of halogens is 1. The molecule has 0 aliphatic rings. The fourth-order valence-electron chi connectivity index (χ4n) is 1.99. The molecule has 0 saturated heterocycles. The Morgan fingerprint density at radius 2 is 1.70 bits per heavy atom. The molecule has 118 valence electrons. The fourth-order valence-corrected chi connectivity index (χ4v) is 1.99. The van der Waals surface area contributed by atoms with Gasteiger partial charge in [0.05, 0.1) is 6.42 Å². The van der Waals surface area contributed by atoms with Gasteiger partial charge in [0.15, 0.2) is 5.83 Å². The quantitative estimate of drug-likeness (QED) is 0.861. The van der Waals surface area contributed by atoms with E-state index in [-0.39, 0.29) is 12.3 Å². The van der Waals surface area contributed by atoms with Crippen molar-refractivity contribution in [3.8, 4) is 0 Å². The van der Waals surface area contributed by atoms with E-state index in [9.17, 15) is 14.0 Å². The number of rotatable bonds is 5. The summed E-state index contributed by atoms with van der Waals surface area (Å²) in [6.45, 7) is 2.93. The SMILES string of the molecule is C=C(F)C(=O)Nc1ccc(CC(=O)N(C)c2ccccc2)cc1. The number of para-hydroxylation sites is 1. The zero-order valence-electron chi connectivity index (χ0n) is 12.8. The molecule has 0 bridgehead atoms. The number of hydrogen-bond acceptors (Lipinski definition) is 2. The van der Waals surface area contributed by atoms with Crippen molar-refractivity contribution in [2.75, 3.05) is 17.3 Å². The first-order valence-corrected chi connectivity index (χ1v) is 7.03. The molecule has 0 radical (unpaired) electrons. The summed E-state index contributed by atoms with van der Waals surface area (Å²) in [6.07, 6.45) is 0.232. The Balaban J connectivity index is 1.99. The second kappa shape index (κ2) is 7.35. The average molecular weight is 312 g/mol. The molecular weight excluding hydrogens is 295 g/mol. The normalized spacial score (nSPS) is 10.0. The molecule has 23 heavy (non-hydrogen) atoms. The van der Waals surface area contributed by atoms with E-state index in [1.54, 1.807) is 36.2 Å². The second-order valence-electron chi connectivity index (χ2n) is 5.02. The molecule has 0 fully saturated rings. The molecule has 0 aromatic heterocycles. The van der Waals surface area contributed by atoms with E-state index >= 15 is 0 Å². The average Bonchev–Trinajstić information content (AvgIpc) is 2.56. The standard InChI is InChI=1S/C18H17FN2O2/c1-13(19)18(23)20-15-10-8-14(9-11-15)12-17(22)21(2)16-6-4-3-5-7-16/h3-11H,1,12H2,2H3,(H,20,23). The molecule has 0 saturated carbocycles. The van der Waals surface area contributed by atoms with E-state index in [4.69, 9.17) is 0 Å². The number of carbonyl (C=O) groups is 2. The molecule has 4 nitrogen and oxygen atoms in total. The van der Waals surface area contributed by atoms with Gasteiger partial charge in [0.25, 0.3) is 5.91 Å². The fraction of sp³-hybridized carbons (Fsp3) is 0.111. The molecule has 0 aliphatic carbocycles. The molecule has 2 rings (SSSR count). The molecular formula is C18H17FN2O2. The molecule has 0 unspecified atom stereocenters. The Bertz CT molecular complexity index is 712. The van der Waals surface area contributed by atoms with Crippen LogP contribution in [0.5, 0.6) is 0 Å². The molecule has 2 amide bonds. The molecule has 0 spiro atoms. The number of amides is 2. The van der Waals surface area contributed by atoms with Crippen molar-refractivity contribution in [3.05, 3.63) is 72.6 Å². The van der Waals surface area contributed by atoms with Crippen LogP contribution >= 0.6 is 0 Å². The molecule has 0 aliphatic heterocycles. The van der Waals surface area contributed by atoms with Gasteiger partial charge in [0.1, 0.15) is 0 Å². The maximum Gasteiger partial charge on any atom is 0.283 e. The third-order valence-corrected chi connectivity index (χ3v) is 3.33. The van der Waals surface area contributed by atoms with Crippen LogP contribution in [0.15, 0.2) is 67.0 Å². The predicted octanol–water partition coefficient (Wildman–Crippen LogP) is 3.31. The Hall–Kier alpha value is -2.95. The Morgan fingerprint density at radius 3 is 2.26 bits per heavy atom. The van der Waals surface area contributed by atoms with Gasteiger partial charge in [-0.05, 0) is 29.8 Å². The van der Waals surface area contributed by atoms with E-state index in [1.807, 2.05) is 30.3 Å². The first-order chi connectivity index (χ1) is 11.0. The number of hydrogen-bond donors (Lipinski definition) is 1. The van der Waals surface area contributed by atoms with Gasteiger partial charge in [-0.25, -0.2) is 4.39 Å². The minimum atomic E-state index is -1.05. The van der Waals surface area contributed by atoms with Crippen molar-refractivity contribution in [2.45, 2.75) is 6.42 Å². The molecule has 2 aromatic carbocycles. The van der Waals surface area contributed by atoms with Crippen molar-refractivity contribution < 1.29 is 14.0 Å². The highest BCUT2D eigenvalue weighted by atomic mass is 19.1. The third kappa shape index (κ3) is 4.51. The van der Waals surface area contributed by atoms with Gasteiger partial charge in [0.2, 0.25) is 5.91 Å². The summed E-state index contributed by atoms with van der Waals surface area (Å²) in [6, 6.07) is 16.0. The molecule has 5 heteroatoms. The maximum atomic E-state index is 12.6. The van der Waals surface area contributed by atoms with Crippen LogP contribution in [-0.2, 0) is 16.0 Å². The monoisotopic (exact) mass is 312 g/mol. The van der Waals surface area contributed by atoms with Crippen LogP contribution in [0.1, 0.15) is 5.56 Å². The summed E-state index contributed by atoms with van der Waals surface area (Å²) in [5.41, 5.74) is 2.07. The topological polar surface area (TPSA) is 49.4 Å². The lowest BCUT2D eigenvalue weighted by Gasteiger charge is -2.17. The third-order valence-electron chi connectivity index (χ3n) is 3.33. The van der Waals surface area contributed by atoms with Crippen LogP contribution in [0.4, 0.5) is 15.8 Å².